The summed E-state index contributed by atoms with van der Waals surface area (Å²) >= 11 is 0. The Morgan fingerprint density at radius 2 is 1.96 bits per heavy atom. The Bertz CT molecular complexity index is 678. The van der Waals surface area contributed by atoms with Crippen LogP contribution in [-0.4, -0.2) is 30.6 Å². The van der Waals surface area contributed by atoms with Crippen molar-refractivity contribution in [1.82, 2.24) is 4.90 Å². The molecule has 2 heterocycles. The molecule has 4 rings (SSSR count). The van der Waals surface area contributed by atoms with Crippen molar-refractivity contribution in [3.8, 4) is 0 Å². The van der Waals surface area contributed by atoms with Crippen LogP contribution >= 0.6 is 0 Å². The van der Waals surface area contributed by atoms with E-state index in [4.69, 9.17) is 4.74 Å². The van der Waals surface area contributed by atoms with Gasteiger partial charge < -0.3 is 14.5 Å². The molecule has 0 bridgehead atoms. The molecule has 1 aromatic rings. The molecule has 0 N–H and O–H groups in total. The summed E-state index contributed by atoms with van der Waals surface area (Å²) in [6.45, 7) is 0.866. The number of rotatable bonds is 2. The van der Waals surface area contributed by atoms with Gasteiger partial charge in [-0.05, 0) is 37.8 Å². The predicted octanol–water partition coefficient (Wildman–Crippen LogP) is 3.42. The molecule has 1 unspecified atom stereocenters. The maximum absolute atomic E-state index is 12.9. The Labute approximate surface area is 137 Å². The highest BCUT2D eigenvalue weighted by Gasteiger charge is 2.41. The van der Waals surface area contributed by atoms with Crippen molar-refractivity contribution in [2.45, 2.75) is 38.3 Å². The number of ether oxygens (including phenoxy) is 1. The van der Waals surface area contributed by atoms with E-state index in [9.17, 15) is 4.79 Å². The summed E-state index contributed by atoms with van der Waals surface area (Å²) in [7, 11) is 1.71. The fourth-order valence-corrected chi connectivity index (χ4v) is 3.93. The van der Waals surface area contributed by atoms with E-state index in [0.717, 1.165) is 54.9 Å². The first-order chi connectivity index (χ1) is 11.3. The lowest BCUT2D eigenvalue weighted by molar-refractivity contribution is -0.131. The second kappa shape index (κ2) is 5.76. The largest absolute Gasteiger partial charge is 0.501 e. The lowest BCUT2D eigenvalue weighted by Crippen LogP contribution is -2.57. The van der Waals surface area contributed by atoms with Crippen LogP contribution in [0.2, 0.25) is 0 Å². The molecule has 2 aliphatic heterocycles. The van der Waals surface area contributed by atoms with Gasteiger partial charge in [0, 0.05) is 30.3 Å². The van der Waals surface area contributed by atoms with E-state index in [1.54, 1.807) is 7.11 Å². The Balaban J connectivity index is 1.86. The van der Waals surface area contributed by atoms with Crippen molar-refractivity contribution in [2.75, 3.05) is 18.6 Å². The first-order valence-corrected chi connectivity index (χ1v) is 8.42. The highest BCUT2D eigenvalue weighted by molar-refractivity contribution is 5.98. The van der Waals surface area contributed by atoms with Gasteiger partial charge in [-0.25, -0.2) is 0 Å². The summed E-state index contributed by atoms with van der Waals surface area (Å²) in [6, 6.07) is 10.4. The van der Waals surface area contributed by atoms with Gasteiger partial charge in [-0.2, -0.15) is 0 Å². The van der Waals surface area contributed by atoms with Crippen LogP contribution < -0.4 is 4.90 Å². The molecule has 4 heteroatoms. The molecule has 1 saturated heterocycles. The molecule has 1 fully saturated rings. The van der Waals surface area contributed by atoms with Crippen molar-refractivity contribution in [1.29, 1.82) is 0 Å². The zero-order valence-corrected chi connectivity index (χ0v) is 13.5. The summed E-state index contributed by atoms with van der Waals surface area (Å²) < 4.78 is 5.47. The van der Waals surface area contributed by atoms with E-state index < -0.39 is 0 Å². The van der Waals surface area contributed by atoms with E-state index in [0.29, 0.717) is 0 Å². The second-order valence-corrected chi connectivity index (χ2v) is 6.36. The summed E-state index contributed by atoms with van der Waals surface area (Å²) in [5.41, 5.74) is 3.12. The van der Waals surface area contributed by atoms with Crippen LogP contribution in [0.3, 0.4) is 0 Å². The highest BCUT2D eigenvalue weighted by Crippen LogP contribution is 2.39. The van der Waals surface area contributed by atoms with Gasteiger partial charge in [-0.3, -0.25) is 4.79 Å². The molecule has 1 aromatic carbocycles. The Kier molecular flexibility index (Phi) is 3.60. The van der Waals surface area contributed by atoms with Crippen molar-refractivity contribution in [2.24, 2.45) is 0 Å². The summed E-state index contributed by atoms with van der Waals surface area (Å²) in [6.07, 6.45) is 7.06. The van der Waals surface area contributed by atoms with Gasteiger partial charge in [-0.1, -0.05) is 18.2 Å². The molecule has 23 heavy (non-hydrogen) atoms. The number of hydrogen-bond donors (Lipinski definition) is 0. The normalized spacial score (nSPS) is 24.1. The highest BCUT2D eigenvalue weighted by atomic mass is 16.5. The predicted molar refractivity (Wildman–Crippen MR) is 89.6 cm³/mol. The zero-order valence-electron chi connectivity index (χ0n) is 13.5. The van der Waals surface area contributed by atoms with Crippen LogP contribution in [0.25, 0.3) is 0 Å². The van der Waals surface area contributed by atoms with Gasteiger partial charge in [0.2, 0.25) is 0 Å². The molecule has 1 amide bonds. The number of benzene rings is 1. The van der Waals surface area contributed by atoms with Crippen LogP contribution in [0.15, 0.2) is 53.4 Å². The number of hydrogen-bond acceptors (Lipinski definition) is 3. The van der Waals surface area contributed by atoms with Crippen LogP contribution in [0, 0.1) is 0 Å². The van der Waals surface area contributed by atoms with Crippen LogP contribution in [0.1, 0.15) is 32.1 Å². The number of fused-ring (bicyclic) bond motifs is 1. The first-order valence-electron chi connectivity index (χ1n) is 8.42. The molecule has 1 aliphatic carbocycles. The molecule has 0 aromatic heterocycles. The fraction of sp³-hybridized carbons (Fsp3) is 0.421. The van der Waals surface area contributed by atoms with Crippen LogP contribution in [0.5, 0.6) is 0 Å². The number of carbonyl (C=O) groups excluding carboxylic acids is 1. The number of allylic oxidation sites excluding steroid dienone is 2. The molecule has 0 spiro atoms. The van der Waals surface area contributed by atoms with Crippen LogP contribution in [0.4, 0.5) is 5.69 Å². The molecular formula is C19H22N2O2. The lowest BCUT2D eigenvalue weighted by Gasteiger charge is -2.49. The summed E-state index contributed by atoms with van der Waals surface area (Å²) in [5.74, 6) is 1.19. The van der Waals surface area contributed by atoms with Crippen LogP contribution in [-0.2, 0) is 9.53 Å². The zero-order chi connectivity index (χ0) is 15.8. The third-order valence-corrected chi connectivity index (χ3v) is 5.07. The number of nitrogens with zero attached hydrogens (tertiary/aromatic N) is 2. The fourth-order valence-electron chi connectivity index (χ4n) is 3.93. The monoisotopic (exact) mass is 310 g/mol. The summed E-state index contributed by atoms with van der Waals surface area (Å²) in [4.78, 5) is 17.3. The van der Waals surface area contributed by atoms with Crippen molar-refractivity contribution < 1.29 is 9.53 Å². The van der Waals surface area contributed by atoms with Gasteiger partial charge in [0.15, 0.2) is 0 Å². The average molecular weight is 310 g/mol. The van der Waals surface area contributed by atoms with Gasteiger partial charge in [0.25, 0.3) is 5.91 Å². The third kappa shape index (κ3) is 2.33. The van der Waals surface area contributed by atoms with E-state index in [2.05, 4.69) is 40.1 Å². The average Bonchev–Trinajstić information content (AvgIpc) is 2.62. The topological polar surface area (TPSA) is 32.8 Å². The Hall–Kier alpha value is -2.23. The van der Waals surface area contributed by atoms with Crippen molar-refractivity contribution >= 4 is 11.6 Å². The third-order valence-electron chi connectivity index (χ3n) is 5.07. The summed E-state index contributed by atoms with van der Waals surface area (Å²) in [5, 5.41) is 0. The Morgan fingerprint density at radius 1 is 1.13 bits per heavy atom. The smallest absolute Gasteiger partial charge is 0.253 e. The molecule has 120 valence electrons. The molecule has 1 atom stereocenters. The quantitative estimate of drug-likeness (QED) is 0.839. The molecule has 3 aliphatic rings. The molecule has 4 nitrogen and oxygen atoms in total. The number of anilines is 1. The standard InChI is InChI=1S/C19H22N2O2/c1-23-15-10-11-16-17(13-15)21(14-7-3-2-4-8-14)18-9-5-6-12-20(18)19(16)22/h2-4,7-8,13,18H,5-6,9-12H2,1H3. The number of amides is 1. The molecular weight excluding hydrogens is 288 g/mol. The minimum absolute atomic E-state index is 0.129. The Morgan fingerprint density at radius 3 is 2.74 bits per heavy atom. The van der Waals surface area contributed by atoms with Crippen molar-refractivity contribution in [3.05, 3.63) is 53.4 Å². The number of para-hydroxylation sites is 1. The maximum atomic E-state index is 12.9. The van der Waals surface area contributed by atoms with Gasteiger partial charge >= 0.3 is 0 Å². The van der Waals surface area contributed by atoms with Gasteiger partial charge in [-0.15, -0.1) is 0 Å². The van der Waals surface area contributed by atoms with E-state index in [1.165, 1.54) is 6.42 Å². The SMILES string of the molecule is COC1=CC2=C(CC1)C(=O)N1CCCCC1N2c1ccccc1. The van der Waals surface area contributed by atoms with Gasteiger partial charge in [0.1, 0.15) is 6.17 Å². The second-order valence-electron chi connectivity index (χ2n) is 6.36. The van der Waals surface area contributed by atoms with E-state index in [-0.39, 0.29) is 12.1 Å². The maximum Gasteiger partial charge on any atom is 0.253 e. The van der Waals surface area contributed by atoms with E-state index >= 15 is 0 Å². The number of carbonyl (C=O) groups is 1. The first kappa shape index (κ1) is 14.4. The van der Waals surface area contributed by atoms with Crippen molar-refractivity contribution in [3.63, 3.8) is 0 Å². The minimum atomic E-state index is 0.129. The van der Waals surface area contributed by atoms with Gasteiger partial charge in [0.05, 0.1) is 18.6 Å². The molecule has 0 radical (unpaired) electrons. The van der Waals surface area contributed by atoms with E-state index in [1.807, 2.05) is 6.07 Å². The molecule has 0 saturated carbocycles. The number of piperidine rings is 1. The number of methoxy groups -OCH3 is 1. The minimum Gasteiger partial charge on any atom is -0.501 e. The lowest BCUT2D eigenvalue weighted by atomic mass is 9.92.